The third-order valence-corrected chi connectivity index (χ3v) is 10.0. The second-order valence-electron chi connectivity index (χ2n) is 9.82. The van der Waals surface area contributed by atoms with E-state index in [4.69, 9.17) is 46.4 Å². The third kappa shape index (κ3) is 7.80. The number of rotatable bonds is 12. The number of nitrogens with zero attached hydrogens (tertiary/aromatic N) is 4. The van der Waals surface area contributed by atoms with E-state index in [0.717, 1.165) is 34.1 Å². The van der Waals surface area contributed by atoms with Gasteiger partial charge in [-0.2, -0.15) is 16.8 Å². The van der Waals surface area contributed by atoms with Gasteiger partial charge in [-0.1, -0.05) is 52.5 Å². The largest absolute Gasteiger partial charge is 0.326 e. The number of aromatic nitrogens is 2. The number of imidazole rings is 1. The molecule has 0 radical (unpaired) electrons. The first-order valence-electron chi connectivity index (χ1n) is 13.4. The monoisotopic (exact) mass is 711 g/mol. The minimum absolute atomic E-state index is 0.163. The van der Waals surface area contributed by atoms with Gasteiger partial charge in [-0.3, -0.25) is 9.11 Å². The van der Waals surface area contributed by atoms with Gasteiger partial charge < -0.3 is 9.80 Å². The molecule has 10 nitrogen and oxygen atoms in total. The average molecular weight is 714 g/mol. The van der Waals surface area contributed by atoms with E-state index in [-0.39, 0.29) is 25.9 Å². The van der Waals surface area contributed by atoms with E-state index in [2.05, 4.69) is 0 Å². The van der Waals surface area contributed by atoms with Crippen LogP contribution in [0.25, 0.3) is 17.1 Å². The molecule has 0 unspecified atom stereocenters. The first-order valence-corrected chi connectivity index (χ1v) is 18.1. The number of halogens is 4. The molecule has 0 aliphatic carbocycles. The Bertz CT molecular complexity index is 1820. The van der Waals surface area contributed by atoms with Crippen LogP contribution in [-0.4, -0.2) is 55.1 Å². The predicted molar refractivity (Wildman–Crippen MR) is 174 cm³/mol. The lowest BCUT2D eigenvalue weighted by Gasteiger charge is -2.24. The van der Waals surface area contributed by atoms with Gasteiger partial charge in [-0.15, -0.1) is 0 Å². The van der Waals surface area contributed by atoms with Gasteiger partial charge >= 0.3 is 0 Å². The first kappa shape index (κ1) is 33.9. The maximum atomic E-state index is 11.4. The Kier molecular flexibility index (Phi) is 10.7. The molecule has 16 heteroatoms. The highest BCUT2D eigenvalue weighted by Gasteiger charge is 2.31. The molecular weight excluding hydrogens is 682 g/mol. The van der Waals surface area contributed by atoms with Crippen LogP contribution in [0.3, 0.4) is 0 Å². The van der Waals surface area contributed by atoms with Crippen LogP contribution < -0.4 is 14.4 Å². The van der Waals surface area contributed by atoms with Crippen LogP contribution in [-0.2, 0) is 33.3 Å². The molecule has 4 rings (SSSR count). The van der Waals surface area contributed by atoms with E-state index >= 15 is 0 Å². The quantitative estimate of drug-likeness (QED) is 0.165. The summed E-state index contributed by atoms with van der Waals surface area (Å²) in [6.45, 7) is 5.64. The lowest BCUT2D eigenvalue weighted by atomic mass is 10.2. The smallest absolute Gasteiger partial charge is 0.282 e. The molecule has 0 fully saturated rings. The fourth-order valence-corrected chi connectivity index (χ4v) is 6.85. The molecule has 0 saturated heterocycles. The molecule has 1 aliphatic rings. The highest BCUT2D eigenvalue weighted by molar-refractivity contribution is 7.86. The lowest BCUT2D eigenvalue weighted by Crippen LogP contribution is -2.37. The van der Waals surface area contributed by atoms with Crippen molar-refractivity contribution in [1.29, 1.82) is 0 Å². The summed E-state index contributed by atoms with van der Waals surface area (Å²) in [5.41, 5.74) is 3.10. The molecule has 2 aromatic carbocycles. The zero-order valence-corrected chi connectivity index (χ0v) is 28.0. The van der Waals surface area contributed by atoms with Gasteiger partial charge in [-0.25, -0.2) is 9.13 Å². The van der Waals surface area contributed by atoms with Crippen molar-refractivity contribution in [2.75, 3.05) is 34.4 Å². The number of allylic oxidation sites excluding steroid dienone is 2. The lowest BCUT2D eigenvalue weighted by molar-refractivity contribution is -0.673. The molecule has 2 heterocycles. The minimum atomic E-state index is -4.14. The van der Waals surface area contributed by atoms with E-state index in [1.165, 1.54) is 0 Å². The van der Waals surface area contributed by atoms with Crippen molar-refractivity contribution in [2.45, 2.75) is 39.8 Å². The molecule has 2 N–H and O–H groups in total. The fourth-order valence-electron chi connectivity index (χ4n) is 5.23. The normalized spacial score (nSPS) is 15.0. The Morgan fingerprint density at radius 1 is 0.791 bits per heavy atom. The van der Waals surface area contributed by atoms with Crippen LogP contribution in [0.1, 0.15) is 32.5 Å². The van der Waals surface area contributed by atoms with Crippen molar-refractivity contribution in [3.63, 3.8) is 0 Å². The Morgan fingerprint density at radius 3 is 1.93 bits per heavy atom. The fraction of sp³-hybridized carbons (Fsp3) is 0.370. The summed E-state index contributed by atoms with van der Waals surface area (Å²) in [5.74, 6) is 0.678. The van der Waals surface area contributed by atoms with Crippen molar-refractivity contribution in [2.24, 2.45) is 0 Å². The van der Waals surface area contributed by atoms with E-state index in [1.54, 1.807) is 24.3 Å². The van der Waals surface area contributed by atoms with Crippen LogP contribution in [0, 0.1) is 0 Å². The van der Waals surface area contributed by atoms with Crippen LogP contribution in [0.5, 0.6) is 0 Å². The second kappa shape index (κ2) is 13.5. The summed E-state index contributed by atoms with van der Waals surface area (Å²) < 4.78 is 68.2. The van der Waals surface area contributed by atoms with Crippen LogP contribution in [0.4, 0.5) is 11.4 Å². The van der Waals surface area contributed by atoms with Crippen LogP contribution in [0.15, 0.2) is 42.2 Å². The van der Waals surface area contributed by atoms with Gasteiger partial charge in [0.05, 0.1) is 56.1 Å². The predicted octanol–water partition coefficient (Wildman–Crippen LogP) is 6.32. The van der Waals surface area contributed by atoms with Crippen molar-refractivity contribution < 1.29 is 30.5 Å². The molecule has 1 aliphatic heterocycles. The third-order valence-electron chi connectivity index (χ3n) is 7.00. The SMILES string of the molecule is CCN1/C(=C/C=C\c2n(CC)c3cc(Cl)c(Cl)cc3[n+]2CCCS(=O)(=O)O)N(CCCS(=O)(=O)O)c2cc(Cl)c(Cl)cc21. The van der Waals surface area contributed by atoms with Gasteiger partial charge in [-0.05, 0) is 38.5 Å². The molecule has 0 spiro atoms. The molecule has 0 atom stereocenters. The molecule has 0 saturated carbocycles. The number of fused-ring (bicyclic) bond motifs is 2. The molecule has 234 valence electrons. The summed E-state index contributed by atoms with van der Waals surface area (Å²) in [6.07, 6.45) is 5.91. The minimum Gasteiger partial charge on any atom is -0.326 e. The van der Waals surface area contributed by atoms with Crippen molar-refractivity contribution in [3.8, 4) is 0 Å². The Labute approximate surface area is 271 Å². The number of anilines is 2. The topological polar surface area (TPSA) is 124 Å². The summed E-state index contributed by atoms with van der Waals surface area (Å²) in [4.78, 5) is 3.94. The van der Waals surface area contributed by atoms with Crippen LogP contribution >= 0.6 is 46.4 Å². The van der Waals surface area contributed by atoms with Gasteiger partial charge in [0.15, 0.2) is 11.0 Å². The summed E-state index contributed by atoms with van der Waals surface area (Å²) in [6, 6.07) is 6.97. The highest BCUT2D eigenvalue weighted by atomic mass is 35.5. The highest BCUT2D eigenvalue weighted by Crippen LogP contribution is 2.45. The molecule has 3 aromatic rings. The maximum absolute atomic E-state index is 11.4. The van der Waals surface area contributed by atoms with Gasteiger partial charge in [0.2, 0.25) is 0 Å². The standard InChI is InChI=1S/C27H30Cl4N4O6S2/c1-3-32-22-14-18(28)20(30)16-24(22)34(10-6-12-42(36,37)38)26(32)8-5-9-27-33(4-2)23-15-19(29)21(31)17-25(23)35(27)11-7-13-43(39,40)41/h5,8-9,14-17H,3-4,6-7,10-13H2,1-2H3,(H-,36,37,38,39,40,41)/p+1. The number of hydrogen-bond acceptors (Lipinski definition) is 6. The summed E-state index contributed by atoms with van der Waals surface area (Å²) >= 11 is 25.4. The van der Waals surface area contributed by atoms with Crippen molar-refractivity contribution >= 4 is 95.1 Å². The van der Waals surface area contributed by atoms with E-state index in [1.807, 2.05) is 51.0 Å². The van der Waals surface area contributed by atoms with E-state index in [9.17, 15) is 25.9 Å². The van der Waals surface area contributed by atoms with Crippen molar-refractivity contribution in [3.05, 3.63) is 68.2 Å². The van der Waals surface area contributed by atoms with Gasteiger partial charge in [0.1, 0.15) is 5.82 Å². The average Bonchev–Trinajstić information content (AvgIpc) is 3.34. The van der Waals surface area contributed by atoms with E-state index < -0.39 is 31.7 Å². The number of benzene rings is 2. The van der Waals surface area contributed by atoms with Gasteiger partial charge in [0.25, 0.3) is 26.1 Å². The molecule has 1 aromatic heterocycles. The molecule has 0 bridgehead atoms. The second-order valence-corrected chi connectivity index (χ2v) is 14.6. The Balaban J connectivity index is 1.80. The molecule has 0 amide bonds. The van der Waals surface area contributed by atoms with Crippen LogP contribution in [0.2, 0.25) is 20.1 Å². The summed E-state index contributed by atoms with van der Waals surface area (Å²) in [7, 11) is -8.29. The molecular formula is C27H31Cl4N4O6S2+. The van der Waals surface area contributed by atoms with E-state index in [0.29, 0.717) is 33.2 Å². The Hall–Kier alpha value is -2.03. The number of aryl methyl sites for hydroxylation is 2. The van der Waals surface area contributed by atoms with Gasteiger partial charge in [0, 0.05) is 37.7 Å². The molecule has 43 heavy (non-hydrogen) atoms. The first-order chi connectivity index (χ1) is 20.1. The number of hydrogen-bond donors (Lipinski definition) is 2. The van der Waals surface area contributed by atoms with Crippen molar-refractivity contribution in [1.82, 2.24) is 4.57 Å². The zero-order chi connectivity index (χ0) is 31.7. The zero-order valence-electron chi connectivity index (χ0n) is 23.3. The Morgan fingerprint density at radius 2 is 1.35 bits per heavy atom. The summed E-state index contributed by atoms with van der Waals surface area (Å²) in [5, 5.41) is 1.46. The maximum Gasteiger partial charge on any atom is 0.282 e.